The van der Waals surface area contributed by atoms with Crippen LogP contribution in [-0.4, -0.2) is 71.1 Å². The Kier molecular flexibility index (Phi) is 23.5. The van der Waals surface area contributed by atoms with Gasteiger partial charge in [0.15, 0.2) is 5.88 Å². The lowest BCUT2D eigenvalue weighted by Gasteiger charge is -2.15. The lowest BCUT2D eigenvalue weighted by molar-refractivity contribution is -0.143. The quantitative estimate of drug-likeness (QED) is 0.0442. The largest absolute Gasteiger partial charge is 0.494 e. The van der Waals surface area contributed by atoms with Gasteiger partial charge in [-0.15, -0.1) is 11.8 Å². The van der Waals surface area contributed by atoms with Crippen LogP contribution in [0.1, 0.15) is 58.3 Å². The third-order valence-electron chi connectivity index (χ3n) is 6.58. The van der Waals surface area contributed by atoms with E-state index in [-0.39, 0.29) is 41.4 Å². The number of esters is 2. The van der Waals surface area contributed by atoms with Gasteiger partial charge < -0.3 is 30.3 Å². The fraction of sp³-hybridized carbons (Fsp3) is 0.405. The number of amides is 2. The summed E-state index contributed by atoms with van der Waals surface area (Å²) in [6.45, 7) is 2.42. The predicted molar refractivity (Wildman–Crippen MR) is 194 cm³/mol. The Morgan fingerprint density at radius 1 is 0.816 bits per heavy atom. The van der Waals surface area contributed by atoms with Crippen LogP contribution in [0, 0.1) is 0 Å². The summed E-state index contributed by atoms with van der Waals surface area (Å²) in [5.74, 6) is -2.86. The van der Waals surface area contributed by atoms with E-state index in [0.717, 1.165) is 76.7 Å². The van der Waals surface area contributed by atoms with E-state index in [4.69, 9.17) is 4.74 Å². The van der Waals surface area contributed by atoms with E-state index < -0.39 is 23.9 Å². The monoisotopic (exact) mass is 697 g/mol. The van der Waals surface area contributed by atoms with Crippen LogP contribution in [0.25, 0.3) is 0 Å². The molecule has 49 heavy (non-hydrogen) atoms. The SMILES string of the molecule is CCC=CCC=CCC=CCC=CCC=CCC=CCCC(=O)NCCn1c(O)cc(SCC(NC(=O)C=CC(=O)OC)C(=O)OC)c1O. The van der Waals surface area contributed by atoms with Crippen molar-refractivity contribution >= 4 is 35.5 Å². The number of carbonyl (C=O) groups excluding carboxylic acids is 4. The van der Waals surface area contributed by atoms with Gasteiger partial charge in [-0.1, -0.05) is 79.8 Å². The highest BCUT2D eigenvalue weighted by Crippen LogP contribution is 2.35. The zero-order chi connectivity index (χ0) is 36.1. The van der Waals surface area contributed by atoms with Crippen molar-refractivity contribution in [1.29, 1.82) is 0 Å². The van der Waals surface area contributed by atoms with Crippen molar-refractivity contribution in [1.82, 2.24) is 15.2 Å². The molecule has 0 bridgehead atoms. The maximum atomic E-state index is 12.2. The topological polar surface area (TPSA) is 156 Å². The van der Waals surface area contributed by atoms with E-state index in [0.29, 0.717) is 12.8 Å². The molecule has 1 aromatic heterocycles. The fourth-order valence-electron chi connectivity index (χ4n) is 3.99. The van der Waals surface area contributed by atoms with Crippen LogP contribution in [0.5, 0.6) is 11.8 Å². The summed E-state index contributed by atoms with van der Waals surface area (Å²) in [6, 6.07) is 0.215. The molecule has 0 aliphatic heterocycles. The van der Waals surface area contributed by atoms with Gasteiger partial charge in [-0.25, -0.2) is 9.59 Å². The molecule has 1 unspecified atom stereocenters. The summed E-state index contributed by atoms with van der Waals surface area (Å²) in [4.78, 5) is 47.9. The lowest BCUT2D eigenvalue weighted by Crippen LogP contribution is -2.42. The second-order valence-electron chi connectivity index (χ2n) is 10.4. The van der Waals surface area contributed by atoms with Gasteiger partial charge in [0, 0.05) is 43.5 Å². The predicted octanol–water partition coefficient (Wildman–Crippen LogP) is 5.97. The molecule has 0 fully saturated rings. The van der Waals surface area contributed by atoms with Crippen molar-refractivity contribution in [3.8, 4) is 11.8 Å². The average molecular weight is 698 g/mol. The van der Waals surface area contributed by atoms with Gasteiger partial charge in [0.1, 0.15) is 6.04 Å². The molecule has 0 radical (unpaired) electrons. The maximum Gasteiger partial charge on any atom is 0.330 e. The van der Waals surface area contributed by atoms with Gasteiger partial charge in [0.2, 0.25) is 17.7 Å². The molecule has 0 saturated heterocycles. The molecule has 1 rings (SSSR count). The van der Waals surface area contributed by atoms with E-state index >= 15 is 0 Å². The van der Waals surface area contributed by atoms with Crippen molar-refractivity contribution in [2.24, 2.45) is 0 Å². The van der Waals surface area contributed by atoms with E-state index in [9.17, 15) is 29.4 Å². The lowest BCUT2D eigenvalue weighted by atomic mass is 10.2. The minimum Gasteiger partial charge on any atom is -0.494 e. The summed E-state index contributed by atoms with van der Waals surface area (Å²) in [5.41, 5.74) is 0. The van der Waals surface area contributed by atoms with Crippen molar-refractivity contribution in [3.05, 3.63) is 91.1 Å². The number of nitrogens with one attached hydrogen (secondary N) is 2. The normalized spacial score (nSPS) is 12.8. The average Bonchev–Trinajstić information content (AvgIpc) is 3.37. The van der Waals surface area contributed by atoms with Gasteiger partial charge in [-0.3, -0.25) is 14.2 Å². The number of hydrogen-bond donors (Lipinski definition) is 4. The van der Waals surface area contributed by atoms with Crippen LogP contribution in [0.3, 0.4) is 0 Å². The van der Waals surface area contributed by atoms with E-state index in [1.54, 1.807) is 0 Å². The van der Waals surface area contributed by atoms with Gasteiger partial charge in [-0.05, 0) is 44.9 Å². The number of carbonyl (C=O) groups is 4. The van der Waals surface area contributed by atoms with Crippen molar-refractivity contribution in [2.75, 3.05) is 26.5 Å². The second-order valence-corrected chi connectivity index (χ2v) is 11.5. The van der Waals surface area contributed by atoms with E-state index in [1.807, 2.05) is 12.2 Å². The van der Waals surface area contributed by atoms with Crippen LogP contribution < -0.4 is 10.6 Å². The van der Waals surface area contributed by atoms with Crippen molar-refractivity contribution < 1.29 is 38.9 Å². The number of thioether (sulfide) groups is 1. The molecule has 0 aliphatic carbocycles. The number of aromatic nitrogens is 1. The molecule has 1 aromatic rings. The molecule has 268 valence electrons. The first-order valence-electron chi connectivity index (χ1n) is 16.3. The van der Waals surface area contributed by atoms with Crippen LogP contribution >= 0.6 is 11.8 Å². The molecule has 1 atom stereocenters. The Morgan fingerprint density at radius 3 is 1.90 bits per heavy atom. The summed E-state index contributed by atoms with van der Waals surface area (Å²) in [5, 5.41) is 26.1. The first-order chi connectivity index (χ1) is 23.7. The van der Waals surface area contributed by atoms with Crippen LogP contribution in [-0.2, 0) is 35.2 Å². The third-order valence-corrected chi connectivity index (χ3v) is 7.70. The highest BCUT2D eigenvalue weighted by atomic mass is 32.2. The number of aromatic hydroxyl groups is 2. The highest BCUT2D eigenvalue weighted by molar-refractivity contribution is 7.99. The Morgan fingerprint density at radius 2 is 1.37 bits per heavy atom. The molecule has 0 saturated carbocycles. The van der Waals surface area contributed by atoms with E-state index in [2.05, 4.69) is 83.1 Å². The van der Waals surface area contributed by atoms with Crippen molar-refractivity contribution in [2.45, 2.75) is 75.8 Å². The molecular weight excluding hydrogens is 646 g/mol. The van der Waals surface area contributed by atoms with Crippen LogP contribution in [0.2, 0.25) is 0 Å². The summed E-state index contributed by atoms with van der Waals surface area (Å²) in [6.07, 6.45) is 33.9. The number of methoxy groups -OCH3 is 2. The summed E-state index contributed by atoms with van der Waals surface area (Å²) < 4.78 is 10.4. The Balaban J connectivity index is 2.33. The van der Waals surface area contributed by atoms with Gasteiger partial charge >= 0.3 is 11.9 Å². The summed E-state index contributed by atoms with van der Waals surface area (Å²) in [7, 11) is 2.32. The number of ether oxygens (including phenoxy) is 2. The first kappa shape index (κ1) is 42.3. The number of hydrogen-bond acceptors (Lipinski definition) is 9. The summed E-state index contributed by atoms with van der Waals surface area (Å²) >= 11 is 1.00. The zero-order valence-corrected chi connectivity index (χ0v) is 29.5. The smallest absolute Gasteiger partial charge is 0.330 e. The molecule has 4 N–H and O–H groups in total. The van der Waals surface area contributed by atoms with Crippen LogP contribution in [0.4, 0.5) is 0 Å². The number of rotatable bonds is 24. The molecule has 0 aromatic carbocycles. The second kappa shape index (κ2) is 27.3. The highest BCUT2D eigenvalue weighted by Gasteiger charge is 2.23. The molecule has 12 heteroatoms. The Labute approximate surface area is 294 Å². The van der Waals surface area contributed by atoms with E-state index in [1.165, 1.54) is 10.6 Å². The molecule has 0 spiro atoms. The zero-order valence-electron chi connectivity index (χ0n) is 28.7. The maximum absolute atomic E-state index is 12.2. The standard InChI is InChI=1S/C37H51N3O8S/c1-4-5-6-7-8-9-10-11-12-13-14-15-16-17-18-19-20-21-22-23-32(41)38-26-27-40-34(43)28-31(36(40)45)49-29-30(37(46)48-3)39-33(42)24-25-35(44)47-2/h5-6,8-9,11-12,14-15,17-18,20-21,24-25,28,30,43,45H,4,7,10,13,16,19,22-23,26-27,29H2,1-3H3,(H,38,41)(H,39,42). The first-order valence-corrected chi connectivity index (χ1v) is 17.3. The molecule has 11 nitrogen and oxygen atoms in total. The fourth-order valence-corrected chi connectivity index (χ4v) is 4.99. The Hall–Kier alpha value is -4.71. The number of nitrogens with zero attached hydrogens (tertiary/aromatic N) is 1. The molecule has 0 aliphatic rings. The molecule has 2 amide bonds. The minimum absolute atomic E-state index is 0.0349. The molecular formula is C37H51N3O8S. The minimum atomic E-state index is -1.10. The molecule has 1 heterocycles. The van der Waals surface area contributed by atoms with Gasteiger partial charge in [0.25, 0.3) is 0 Å². The number of allylic oxidation sites excluding steroid dienone is 12. The third kappa shape index (κ3) is 20.3. The van der Waals surface area contributed by atoms with Gasteiger partial charge in [0.05, 0.1) is 19.1 Å². The van der Waals surface area contributed by atoms with Crippen molar-refractivity contribution in [3.63, 3.8) is 0 Å². The Bertz CT molecular complexity index is 1370. The van der Waals surface area contributed by atoms with Crippen LogP contribution in [0.15, 0.2) is 96.0 Å². The van der Waals surface area contributed by atoms with Gasteiger partial charge in [-0.2, -0.15) is 0 Å².